The number of amides is 3. The summed E-state index contributed by atoms with van der Waals surface area (Å²) in [5, 5.41) is 17.4. The summed E-state index contributed by atoms with van der Waals surface area (Å²) in [6.07, 6.45) is -1.15. The largest absolute Gasteiger partial charge is 0.480 e. The fourth-order valence-corrected chi connectivity index (χ4v) is 7.05. The van der Waals surface area contributed by atoms with Crippen LogP contribution in [0.5, 0.6) is 0 Å². The van der Waals surface area contributed by atoms with Gasteiger partial charge >= 0.3 is 12.1 Å². The molecule has 0 fully saturated rings. The van der Waals surface area contributed by atoms with Crippen LogP contribution in [0.1, 0.15) is 36.5 Å². The van der Waals surface area contributed by atoms with Crippen LogP contribution in [0.25, 0.3) is 0 Å². The maximum atomic E-state index is 13.9. The second-order valence-electron chi connectivity index (χ2n) is 11.8. The monoisotopic (exact) mass is 708 g/mol. The third-order valence-corrected chi connectivity index (χ3v) is 10.1. The molecule has 0 aliphatic rings. The average molecular weight is 709 g/mol. The fourth-order valence-electron chi connectivity index (χ4n) is 5.04. The molecule has 14 nitrogen and oxygen atoms in total. The number of guanidine groups is 1. The molecule has 0 saturated heterocycles. The van der Waals surface area contributed by atoms with Gasteiger partial charge in [-0.15, -0.1) is 0 Å². The highest BCUT2D eigenvalue weighted by Gasteiger charge is 2.37. The van der Waals surface area contributed by atoms with E-state index in [2.05, 4.69) is 20.9 Å². The Labute approximate surface area is 291 Å². The van der Waals surface area contributed by atoms with E-state index in [1.807, 2.05) is 6.07 Å². The summed E-state index contributed by atoms with van der Waals surface area (Å²) in [4.78, 5) is 66.8. The number of benzene rings is 3. The van der Waals surface area contributed by atoms with Gasteiger partial charge in [0.2, 0.25) is 19.2 Å². The molecule has 0 radical (unpaired) electrons. The number of aliphatic imine (C=N–C) groups is 1. The number of nitrogens with zero attached hydrogens (tertiary/aromatic N) is 1. The van der Waals surface area contributed by atoms with Gasteiger partial charge in [0, 0.05) is 31.5 Å². The minimum atomic E-state index is -4.30. The number of aliphatic carboxylic acids is 1. The molecule has 3 aromatic carbocycles. The standard InChI is InChI=1S/C35H45N6O8P/c1-24(23-50(47,48)30(21-26-14-7-3-8-15-26)41-35(46)49-22-27-16-9-4-10-17-27)31(42)39-28(18-11-19-38-34(36)37)32(43)40-29(33(44)45)20-25-12-5-2-6-13-25/h2-10,12-17,24,28-30H,11,18-23H2,1H3,(H,39,42)(H,40,43)(H,41,46)(H,44,45)(H,47,48)(H4,36,37,38)/t24-,28+,29+,30-/m1/s1. The van der Waals surface area contributed by atoms with Gasteiger partial charge in [-0.05, 0) is 29.5 Å². The number of carboxylic acid groups (broad SMARTS) is 1. The lowest BCUT2D eigenvalue weighted by molar-refractivity contribution is -0.142. The first-order chi connectivity index (χ1) is 23.8. The second-order valence-corrected chi connectivity index (χ2v) is 14.3. The van der Waals surface area contributed by atoms with Crippen LogP contribution in [-0.2, 0) is 43.1 Å². The second kappa shape index (κ2) is 19.7. The van der Waals surface area contributed by atoms with Crippen LogP contribution >= 0.6 is 7.37 Å². The zero-order chi connectivity index (χ0) is 36.5. The molecule has 3 aromatic rings. The number of nitrogens with two attached hydrogens (primary N) is 2. The number of carbonyl (C=O) groups is 4. The molecule has 5 atom stereocenters. The van der Waals surface area contributed by atoms with Gasteiger partial charge in [0.15, 0.2) is 5.96 Å². The number of hydrogen-bond acceptors (Lipinski definition) is 7. The zero-order valence-electron chi connectivity index (χ0n) is 27.8. The zero-order valence-corrected chi connectivity index (χ0v) is 28.7. The third-order valence-electron chi connectivity index (χ3n) is 7.71. The number of alkyl carbamates (subject to hydrolysis) is 1. The highest BCUT2D eigenvalue weighted by Crippen LogP contribution is 2.48. The molecule has 3 amide bonds. The number of carbonyl (C=O) groups excluding carboxylic acids is 3. The Kier molecular flexibility index (Phi) is 15.5. The number of carboxylic acids is 1. The maximum absolute atomic E-state index is 13.9. The van der Waals surface area contributed by atoms with Crippen LogP contribution in [0.2, 0.25) is 0 Å². The molecule has 0 aliphatic carbocycles. The average Bonchev–Trinajstić information content (AvgIpc) is 3.09. The van der Waals surface area contributed by atoms with Gasteiger partial charge in [0.1, 0.15) is 24.5 Å². The predicted molar refractivity (Wildman–Crippen MR) is 189 cm³/mol. The van der Waals surface area contributed by atoms with Crippen molar-refractivity contribution in [2.75, 3.05) is 12.7 Å². The maximum Gasteiger partial charge on any atom is 0.408 e. The van der Waals surface area contributed by atoms with Gasteiger partial charge in [0.05, 0.1) is 0 Å². The van der Waals surface area contributed by atoms with Crippen LogP contribution in [0.4, 0.5) is 4.79 Å². The Balaban J connectivity index is 1.73. The molecule has 268 valence electrons. The Morgan fingerprint density at radius 3 is 1.84 bits per heavy atom. The van der Waals surface area contributed by atoms with Crippen molar-refractivity contribution in [1.82, 2.24) is 16.0 Å². The first-order valence-electron chi connectivity index (χ1n) is 16.1. The van der Waals surface area contributed by atoms with Crippen LogP contribution < -0.4 is 27.4 Å². The highest BCUT2D eigenvalue weighted by atomic mass is 31.2. The van der Waals surface area contributed by atoms with Crippen molar-refractivity contribution in [2.24, 2.45) is 22.4 Å². The molecule has 0 aliphatic heterocycles. The van der Waals surface area contributed by atoms with Gasteiger partial charge in [-0.1, -0.05) is 97.9 Å². The summed E-state index contributed by atoms with van der Waals surface area (Å²) in [5.41, 5.74) is 12.9. The Hall–Kier alpha value is -5.20. The lowest BCUT2D eigenvalue weighted by Gasteiger charge is -2.27. The van der Waals surface area contributed by atoms with Crippen LogP contribution in [0.3, 0.4) is 0 Å². The summed E-state index contributed by atoms with van der Waals surface area (Å²) in [7, 11) is -4.30. The summed E-state index contributed by atoms with van der Waals surface area (Å²) >= 11 is 0. The topological polar surface area (TPSA) is 236 Å². The quantitative estimate of drug-likeness (QED) is 0.0416. The molecule has 0 heterocycles. The third kappa shape index (κ3) is 13.7. The summed E-state index contributed by atoms with van der Waals surface area (Å²) < 4.78 is 19.2. The fraction of sp³-hybridized carbons (Fsp3) is 0.343. The number of rotatable bonds is 19. The minimum Gasteiger partial charge on any atom is -0.480 e. The number of nitrogens with one attached hydrogen (secondary N) is 3. The van der Waals surface area contributed by atoms with Crippen molar-refractivity contribution in [3.8, 4) is 0 Å². The van der Waals surface area contributed by atoms with Crippen molar-refractivity contribution in [3.63, 3.8) is 0 Å². The molecule has 0 bridgehead atoms. The van der Waals surface area contributed by atoms with E-state index in [1.54, 1.807) is 84.9 Å². The van der Waals surface area contributed by atoms with E-state index >= 15 is 0 Å². The van der Waals surface area contributed by atoms with Gasteiger partial charge in [0.25, 0.3) is 0 Å². The van der Waals surface area contributed by atoms with Crippen LogP contribution in [0.15, 0.2) is 96.0 Å². The Morgan fingerprint density at radius 1 is 0.780 bits per heavy atom. The number of ether oxygens (including phenoxy) is 1. The van der Waals surface area contributed by atoms with Gasteiger partial charge in [-0.2, -0.15) is 0 Å². The molecular weight excluding hydrogens is 663 g/mol. The van der Waals surface area contributed by atoms with Crippen LogP contribution in [-0.4, -0.2) is 70.4 Å². The first kappa shape index (κ1) is 39.2. The molecule has 50 heavy (non-hydrogen) atoms. The molecule has 15 heteroatoms. The smallest absolute Gasteiger partial charge is 0.408 e. The SMILES string of the molecule is C[C@H](CP(=O)(O)[C@H](Cc1ccccc1)NC(=O)OCc1ccccc1)C(=O)N[C@@H](CCCN=C(N)N)C(=O)N[C@@H](Cc1ccccc1)C(=O)O. The van der Waals surface area contributed by atoms with E-state index in [9.17, 15) is 33.7 Å². The molecule has 9 N–H and O–H groups in total. The minimum absolute atomic E-state index is 0.00423. The van der Waals surface area contributed by atoms with E-state index in [0.717, 1.165) is 5.56 Å². The van der Waals surface area contributed by atoms with E-state index in [1.165, 1.54) is 6.92 Å². The summed E-state index contributed by atoms with van der Waals surface area (Å²) in [5.74, 6) is -5.28. The summed E-state index contributed by atoms with van der Waals surface area (Å²) in [6, 6.07) is 24.0. The molecular formula is C35H45N6O8P. The van der Waals surface area contributed by atoms with Crippen molar-refractivity contribution < 1.29 is 38.5 Å². The highest BCUT2D eigenvalue weighted by molar-refractivity contribution is 7.58. The first-order valence-corrected chi connectivity index (χ1v) is 18.0. The Bertz CT molecular complexity index is 1620. The molecule has 0 saturated carbocycles. The lowest BCUT2D eigenvalue weighted by Crippen LogP contribution is -2.53. The predicted octanol–water partition coefficient (Wildman–Crippen LogP) is 2.74. The van der Waals surface area contributed by atoms with E-state index < -0.39 is 61.2 Å². The lowest BCUT2D eigenvalue weighted by atomic mass is 10.0. The van der Waals surface area contributed by atoms with Crippen molar-refractivity contribution in [2.45, 2.75) is 57.1 Å². The van der Waals surface area contributed by atoms with Gasteiger partial charge in [-0.25, -0.2) is 9.59 Å². The van der Waals surface area contributed by atoms with Gasteiger partial charge in [-0.3, -0.25) is 19.1 Å². The van der Waals surface area contributed by atoms with Crippen molar-refractivity contribution in [3.05, 3.63) is 108 Å². The van der Waals surface area contributed by atoms with E-state index in [0.29, 0.717) is 11.1 Å². The Morgan fingerprint density at radius 2 is 1.30 bits per heavy atom. The van der Waals surface area contributed by atoms with E-state index in [4.69, 9.17) is 16.2 Å². The molecule has 0 aromatic heterocycles. The van der Waals surface area contributed by atoms with Crippen molar-refractivity contribution >= 4 is 37.2 Å². The van der Waals surface area contributed by atoms with Crippen LogP contribution in [0, 0.1) is 5.92 Å². The molecule has 3 rings (SSSR count). The summed E-state index contributed by atoms with van der Waals surface area (Å²) in [6.45, 7) is 1.51. The number of hydrogen-bond donors (Lipinski definition) is 7. The van der Waals surface area contributed by atoms with Gasteiger partial charge < -0.3 is 42.2 Å². The van der Waals surface area contributed by atoms with E-state index in [-0.39, 0.29) is 44.8 Å². The molecule has 1 unspecified atom stereocenters. The normalized spacial score (nSPS) is 14.4. The van der Waals surface area contributed by atoms with Crippen molar-refractivity contribution in [1.29, 1.82) is 0 Å². The molecule has 0 spiro atoms.